The van der Waals surface area contributed by atoms with Crippen molar-refractivity contribution in [1.29, 1.82) is 0 Å². The van der Waals surface area contributed by atoms with Crippen LogP contribution >= 0.6 is 11.3 Å². The summed E-state index contributed by atoms with van der Waals surface area (Å²) in [6.07, 6.45) is 2.48. The third-order valence-electron chi connectivity index (χ3n) is 5.74. The van der Waals surface area contributed by atoms with Crippen molar-refractivity contribution in [2.75, 3.05) is 13.1 Å². The highest BCUT2D eigenvalue weighted by atomic mass is 32.1. The molecule has 0 unspecified atom stereocenters. The Balaban J connectivity index is 1.29. The predicted molar refractivity (Wildman–Crippen MR) is 130 cm³/mol. The van der Waals surface area contributed by atoms with Crippen LogP contribution in [0.25, 0.3) is 11.1 Å². The summed E-state index contributed by atoms with van der Waals surface area (Å²) in [5.41, 5.74) is 6.30. The third kappa shape index (κ3) is 4.57. The molecule has 0 saturated carbocycles. The molecule has 0 N–H and O–H groups in total. The first-order valence-electron chi connectivity index (χ1n) is 10.7. The van der Waals surface area contributed by atoms with E-state index in [1.165, 1.54) is 11.1 Å². The van der Waals surface area contributed by atoms with Gasteiger partial charge in [-0.25, -0.2) is 4.98 Å². The predicted octanol–water partition coefficient (Wildman–Crippen LogP) is 4.43. The van der Waals surface area contributed by atoms with E-state index in [-0.39, 0.29) is 5.56 Å². The van der Waals surface area contributed by atoms with Crippen molar-refractivity contribution in [2.45, 2.75) is 19.5 Å². The van der Waals surface area contributed by atoms with Crippen molar-refractivity contribution in [2.24, 2.45) is 0 Å². The first kappa shape index (κ1) is 20.4. The molecule has 2 aromatic heterocycles. The van der Waals surface area contributed by atoms with Crippen LogP contribution in [-0.2, 0) is 19.5 Å². The lowest BCUT2D eigenvalue weighted by Gasteiger charge is -2.26. The minimum atomic E-state index is 0.0534. The van der Waals surface area contributed by atoms with Crippen LogP contribution in [0.5, 0.6) is 0 Å². The number of benzene rings is 2. The number of fused-ring (bicyclic) bond motifs is 1. The standard InChI is InChI=1S/C27H23N3OS/c31-27-25-18-29(14-4-7-21-5-2-1-3-6-21)15-12-26(25)28-20-30(27)17-22-8-10-23(11-9-22)24-13-16-32-19-24/h1-3,5-6,8-11,13,16,19-20H,12,14-15,17-18H2. The quantitative estimate of drug-likeness (QED) is 0.444. The van der Waals surface area contributed by atoms with Crippen molar-refractivity contribution in [3.05, 3.63) is 110 Å². The molecule has 4 nitrogen and oxygen atoms in total. The molecular formula is C27H23N3OS. The largest absolute Gasteiger partial charge is 0.294 e. The fourth-order valence-electron chi connectivity index (χ4n) is 3.96. The third-order valence-corrected chi connectivity index (χ3v) is 6.42. The molecule has 158 valence electrons. The highest BCUT2D eigenvalue weighted by Gasteiger charge is 2.20. The highest BCUT2D eigenvalue weighted by molar-refractivity contribution is 7.08. The van der Waals surface area contributed by atoms with E-state index in [9.17, 15) is 4.79 Å². The fourth-order valence-corrected chi connectivity index (χ4v) is 4.62. The maximum atomic E-state index is 13.2. The van der Waals surface area contributed by atoms with Crippen LogP contribution in [0, 0.1) is 11.8 Å². The number of hydrogen-bond acceptors (Lipinski definition) is 4. The Morgan fingerprint density at radius 1 is 1.00 bits per heavy atom. The zero-order chi connectivity index (χ0) is 21.8. The van der Waals surface area contributed by atoms with Crippen molar-refractivity contribution < 1.29 is 0 Å². The molecule has 32 heavy (non-hydrogen) atoms. The first-order valence-corrected chi connectivity index (χ1v) is 11.7. The maximum absolute atomic E-state index is 13.2. The second-order valence-electron chi connectivity index (χ2n) is 7.94. The van der Waals surface area contributed by atoms with Crippen LogP contribution < -0.4 is 5.56 Å². The van der Waals surface area contributed by atoms with Gasteiger partial charge in [-0.3, -0.25) is 14.3 Å². The first-order chi connectivity index (χ1) is 15.8. The summed E-state index contributed by atoms with van der Waals surface area (Å²) in [5, 5.41) is 4.22. The highest BCUT2D eigenvalue weighted by Crippen LogP contribution is 2.22. The van der Waals surface area contributed by atoms with Gasteiger partial charge in [0.2, 0.25) is 0 Å². The Morgan fingerprint density at radius 3 is 2.62 bits per heavy atom. The number of aromatic nitrogens is 2. The Labute approximate surface area is 191 Å². The van der Waals surface area contributed by atoms with E-state index in [0.717, 1.165) is 35.3 Å². The molecule has 0 saturated heterocycles. The van der Waals surface area contributed by atoms with Gasteiger partial charge >= 0.3 is 0 Å². The van der Waals surface area contributed by atoms with E-state index in [1.807, 2.05) is 30.3 Å². The van der Waals surface area contributed by atoms with E-state index >= 15 is 0 Å². The second kappa shape index (κ2) is 9.35. The average Bonchev–Trinajstić information content (AvgIpc) is 3.37. The number of hydrogen-bond donors (Lipinski definition) is 0. The molecule has 1 aliphatic rings. The molecule has 0 amide bonds. The number of rotatable bonds is 4. The molecule has 0 atom stereocenters. The topological polar surface area (TPSA) is 38.1 Å². The van der Waals surface area contributed by atoms with Gasteiger partial charge in [-0.05, 0) is 45.6 Å². The molecule has 5 rings (SSSR count). The fraction of sp³-hybridized carbons (Fsp3) is 0.185. The zero-order valence-corrected chi connectivity index (χ0v) is 18.5. The van der Waals surface area contributed by atoms with Crippen LogP contribution in [-0.4, -0.2) is 27.5 Å². The van der Waals surface area contributed by atoms with E-state index in [2.05, 4.69) is 62.8 Å². The Kier molecular flexibility index (Phi) is 5.98. The molecule has 0 fully saturated rings. The molecule has 4 aromatic rings. The van der Waals surface area contributed by atoms with Crippen molar-refractivity contribution in [3.8, 4) is 23.0 Å². The summed E-state index contributed by atoms with van der Waals surface area (Å²) in [4.78, 5) is 20.0. The molecule has 2 aromatic carbocycles. The summed E-state index contributed by atoms with van der Waals surface area (Å²) in [7, 11) is 0. The molecule has 0 bridgehead atoms. The van der Waals surface area contributed by atoms with Crippen molar-refractivity contribution in [3.63, 3.8) is 0 Å². The van der Waals surface area contributed by atoms with E-state index in [1.54, 1.807) is 22.2 Å². The number of thiophene rings is 1. The lowest BCUT2D eigenvalue weighted by Crippen LogP contribution is -2.38. The van der Waals surface area contributed by atoms with Gasteiger partial charge in [-0.15, -0.1) is 0 Å². The van der Waals surface area contributed by atoms with Crippen LogP contribution in [0.15, 0.2) is 82.5 Å². The summed E-state index contributed by atoms with van der Waals surface area (Å²) >= 11 is 1.69. The Morgan fingerprint density at radius 2 is 1.84 bits per heavy atom. The molecule has 3 heterocycles. The maximum Gasteiger partial charge on any atom is 0.258 e. The lowest BCUT2D eigenvalue weighted by molar-refractivity contribution is 0.280. The van der Waals surface area contributed by atoms with Gasteiger partial charge in [0.25, 0.3) is 5.56 Å². The summed E-state index contributed by atoms with van der Waals surface area (Å²) in [6, 6.07) is 20.5. The Hall–Kier alpha value is -3.46. The minimum Gasteiger partial charge on any atom is -0.294 e. The van der Waals surface area contributed by atoms with Crippen LogP contribution in [0.1, 0.15) is 22.4 Å². The van der Waals surface area contributed by atoms with Gasteiger partial charge < -0.3 is 0 Å². The monoisotopic (exact) mass is 437 g/mol. The molecule has 0 aliphatic carbocycles. The summed E-state index contributed by atoms with van der Waals surface area (Å²) in [5.74, 6) is 6.44. The normalized spacial score (nSPS) is 13.2. The average molecular weight is 438 g/mol. The van der Waals surface area contributed by atoms with Gasteiger partial charge in [-0.2, -0.15) is 11.3 Å². The molecular weight excluding hydrogens is 414 g/mol. The summed E-state index contributed by atoms with van der Waals surface area (Å²) < 4.78 is 1.72. The second-order valence-corrected chi connectivity index (χ2v) is 8.72. The zero-order valence-electron chi connectivity index (χ0n) is 17.7. The van der Waals surface area contributed by atoms with Crippen LogP contribution in [0.2, 0.25) is 0 Å². The van der Waals surface area contributed by atoms with Gasteiger partial charge in [0, 0.05) is 25.1 Å². The van der Waals surface area contributed by atoms with Crippen LogP contribution in [0.3, 0.4) is 0 Å². The molecule has 0 radical (unpaired) electrons. The lowest BCUT2D eigenvalue weighted by atomic mass is 10.1. The minimum absolute atomic E-state index is 0.0534. The SMILES string of the molecule is O=c1c2c(ncn1Cc1ccc(-c3ccsc3)cc1)CCN(CC#Cc1ccccc1)C2. The Bertz CT molecular complexity index is 1310. The van der Waals surface area contributed by atoms with Gasteiger partial charge in [-0.1, -0.05) is 54.3 Å². The molecule has 1 aliphatic heterocycles. The van der Waals surface area contributed by atoms with Crippen molar-refractivity contribution in [1.82, 2.24) is 14.5 Å². The molecule has 0 spiro atoms. The van der Waals surface area contributed by atoms with E-state index in [0.29, 0.717) is 19.6 Å². The van der Waals surface area contributed by atoms with E-state index in [4.69, 9.17) is 0 Å². The van der Waals surface area contributed by atoms with Gasteiger partial charge in [0.15, 0.2) is 0 Å². The number of nitrogens with zero attached hydrogens (tertiary/aromatic N) is 3. The van der Waals surface area contributed by atoms with Gasteiger partial charge in [0.05, 0.1) is 30.7 Å². The summed E-state index contributed by atoms with van der Waals surface area (Å²) in [6.45, 7) is 2.64. The smallest absolute Gasteiger partial charge is 0.258 e. The van der Waals surface area contributed by atoms with Crippen LogP contribution in [0.4, 0.5) is 0 Å². The molecule has 5 heteroatoms. The van der Waals surface area contributed by atoms with Gasteiger partial charge in [0.1, 0.15) is 0 Å². The van der Waals surface area contributed by atoms with Crippen molar-refractivity contribution >= 4 is 11.3 Å². The van der Waals surface area contributed by atoms with E-state index < -0.39 is 0 Å².